The van der Waals surface area contributed by atoms with Crippen LogP contribution in [0, 0.1) is 6.07 Å². The van der Waals surface area contributed by atoms with Gasteiger partial charge < -0.3 is 4.74 Å². The minimum atomic E-state index is 0.371. The predicted octanol–water partition coefficient (Wildman–Crippen LogP) is 2.51. The van der Waals surface area contributed by atoms with E-state index in [9.17, 15) is 0 Å². The zero-order chi connectivity index (χ0) is 10.5. The van der Waals surface area contributed by atoms with Gasteiger partial charge in [0.25, 0.3) is 0 Å². The van der Waals surface area contributed by atoms with Gasteiger partial charge in [-0.1, -0.05) is 23.7 Å². The van der Waals surface area contributed by atoms with Crippen LogP contribution in [0.3, 0.4) is 0 Å². The van der Waals surface area contributed by atoms with E-state index in [1.807, 2.05) is 18.2 Å². The highest BCUT2D eigenvalue weighted by molar-refractivity contribution is 6.29. The Morgan fingerprint density at radius 1 is 1.47 bits per heavy atom. The molecule has 0 aliphatic carbocycles. The van der Waals surface area contributed by atoms with Gasteiger partial charge in [0.05, 0.1) is 6.20 Å². The van der Waals surface area contributed by atoms with Crippen LogP contribution in [-0.2, 0) is 6.61 Å². The summed E-state index contributed by atoms with van der Waals surface area (Å²) in [7, 11) is 0. The van der Waals surface area contributed by atoms with Gasteiger partial charge in [0, 0.05) is 5.56 Å². The van der Waals surface area contributed by atoms with E-state index in [4.69, 9.17) is 16.3 Å². The Morgan fingerprint density at radius 2 is 2.40 bits per heavy atom. The van der Waals surface area contributed by atoms with Crippen molar-refractivity contribution < 1.29 is 4.74 Å². The summed E-state index contributed by atoms with van der Waals surface area (Å²) in [5.74, 6) is 0.769. The Bertz CT molecular complexity index is 434. The molecule has 0 saturated carbocycles. The molecule has 2 aromatic rings. The van der Waals surface area contributed by atoms with Crippen molar-refractivity contribution in [1.82, 2.24) is 10.2 Å². The van der Waals surface area contributed by atoms with Crippen LogP contribution in [0.5, 0.6) is 5.75 Å². The first-order valence-corrected chi connectivity index (χ1v) is 4.78. The van der Waals surface area contributed by atoms with Gasteiger partial charge in [-0.3, -0.25) is 0 Å². The first kappa shape index (κ1) is 9.93. The number of halogens is 1. The molecule has 0 aliphatic heterocycles. The van der Waals surface area contributed by atoms with Gasteiger partial charge in [0.15, 0.2) is 5.15 Å². The van der Waals surface area contributed by atoms with Crippen molar-refractivity contribution in [3.8, 4) is 5.75 Å². The maximum absolute atomic E-state index is 5.69. The highest BCUT2D eigenvalue weighted by Crippen LogP contribution is 2.12. The van der Waals surface area contributed by atoms with Gasteiger partial charge in [-0.05, 0) is 24.3 Å². The Labute approximate surface area is 92.7 Å². The summed E-state index contributed by atoms with van der Waals surface area (Å²) < 4.78 is 5.49. The molecule has 0 N–H and O–H groups in total. The van der Waals surface area contributed by atoms with Gasteiger partial charge in [-0.2, -0.15) is 5.10 Å². The SMILES string of the molecule is Clc1cc(COc2c[c]ccc2)cnn1. The highest BCUT2D eigenvalue weighted by Gasteiger charge is 1.97. The average molecular weight is 220 g/mol. The lowest BCUT2D eigenvalue weighted by atomic mass is 10.3. The van der Waals surface area contributed by atoms with Crippen molar-refractivity contribution in [1.29, 1.82) is 0 Å². The lowest BCUT2D eigenvalue weighted by molar-refractivity contribution is 0.305. The number of hydrogen-bond donors (Lipinski definition) is 0. The van der Waals surface area contributed by atoms with Crippen molar-refractivity contribution in [2.75, 3.05) is 0 Å². The second kappa shape index (κ2) is 4.75. The first-order chi connectivity index (χ1) is 7.34. The van der Waals surface area contributed by atoms with Crippen molar-refractivity contribution in [3.63, 3.8) is 0 Å². The van der Waals surface area contributed by atoms with Gasteiger partial charge in [0.1, 0.15) is 12.4 Å². The van der Waals surface area contributed by atoms with Crippen molar-refractivity contribution in [2.24, 2.45) is 0 Å². The summed E-state index contributed by atoms with van der Waals surface area (Å²) >= 11 is 5.69. The Balaban J connectivity index is 1.99. The normalized spacial score (nSPS) is 9.93. The second-order valence-corrected chi connectivity index (χ2v) is 3.30. The zero-order valence-electron chi connectivity index (χ0n) is 7.85. The average Bonchev–Trinajstić information content (AvgIpc) is 2.28. The number of nitrogens with zero attached hydrogens (tertiary/aromatic N) is 2. The van der Waals surface area contributed by atoms with Gasteiger partial charge in [-0.15, -0.1) is 5.10 Å². The zero-order valence-corrected chi connectivity index (χ0v) is 8.61. The Morgan fingerprint density at radius 3 is 3.13 bits per heavy atom. The van der Waals surface area contributed by atoms with Crippen LogP contribution >= 0.6 is 11.6 Å². The molecule has 0 unspecified atom stereocenters. The number of benzene rings is 1. The van der Waals surface area contributed by atoms with Crippen LogP contribution in [0.4, 0.5) is 0 Å². The summed E-state index contributed by atoms with van der Waals surface area (Å²) in [4.78, 5) is 0. The summed E-state index contributed by atoms with van der Waals surface area (Å²) in [5, 5.41) is 7.75. The molecule has 0 aliphatic rings. The molecule has 0 spiro atoms. The van der Waals surface area contributed by atoms with E-state index in [0.29, 0.717) is 11.8 Å². The van der Waals surface area contributed by atoms with E-state index in [2.05, 4.69) is 16.3 Å². The molecule has 4 heteroatoms. The molecule has 1 radical (unpaired) electrons. The summed E-state index contributed by atoms with van der Waals surface area (Å²) in [5.41, 5.74) is 0.888. The maximum atomic E-state index is 5.69. The molecule has 1 aromatic heterocycles. The number of aromatic nitrogens is 2. The third-order valence-corrected chi connectivity index (χ3v) is 1.95. The van der Waals surface area contributed by atoms with E-state index >= 15 is 0 Å². The molecule has 1 aromatic carbocycles. The van der Waals surface area contributed by atoms with E-state index in [1.54, 1.807) is 18.3 Å². The minimum Gasteiger partial charge on any atom is -0.489 e. The van der Waals surface area contributed by atoms with Crippen molar-refractivity contribution in [2.45, 2.75) is 6.61 Å². The molecular formula is C11H8ClN2O. The van der Waals surface area contributed by atoms with Gasteiger partial charge in [-0.25, -0.2) is 0 Å². The van der Waals surface area contributed by atoms with E-state index in [1.165, 1.54) is 0 Å². The Kier molecular flexibility index (Phi) is 3.15. The Hall–Kier alpha value is -1.61. The number of hydrogen-bond acceptors (Lipinski definition) is 3. The lowest BCUT2D eigenvalue weighted by Crippen LogP contribution is -1.96. The molecule has 3 nitrogen and oxygen atoms in total. The van der Waals surface area contributed by atoms with Gasteiger partial charge >= 0.3 is 0 Å². The summed E-state index contributed by atoms with van der Waals surface area (Å²) in [6.07, 6.45) is 1.62. The number of rotatable bonds is 3. The van der Waals surface area contributed by atoms with Crippen LogP contribution in [-0.4, -0.2) is 10.2 Å². The lowest BCUT2D eigenvalue weighted by Gasteiger charge is -2.04. The summed E-state index contributed by atoms with van der Waals surface area (Å²) in [6.45, 7) is 0.424. The fourth-order valence-electron chi connectivity index (χ4n) is 1.09. The summed E-state index contributed by atoms with van der Waals surface area (Å²) in [6, 6.07) is 12.0. The second-order valence-electron chi connectivity index (χ2n) is 2.91. The third kappa shape index (κ3) is 2.92. The third-order valence-electron chi connectivity index (χ3n) is 1.77. The molecule has 2 rings (SSSR count). The molecular weight excluding hydrogens is 212 g/mol. The van der Waals surface area contributed by atoms with Crippen LogP contribution < -0.4 is 4.74 Å². The molecule has 0 saturated heterocycles. The quantitative estimate of drug-likeness (QED) is 0.796. The van der Waals surface area contributed by atoms with Crippen LogP contribution in [0.2, 0.25) is 5.15 Å². The first-order valence-electron chi connectivity index (χ1n) is 4.40. The minimum absolute atomic E-state index is 0.371. The fourth-order valence-corrected chi connectivity index (χ4v) is 1.27. The van der Waals surface area contributed by atoms with E-state index < -0.39 is 0 Å². The van der Waals surface area contributed by atoms with Crippen molar-refractivity contribution >= 4 is 11.6 Å². The smallest absolute Gasteiger partial charge is 0.152 e. The molecule has 0 bridgehead atoms. The molecule has 75 valence electrons. The molecule has 15 heavy (non-hydrogen) atoms. The number of ether oxygens (including phenoxy) is 1. The molecule has 1 heterocycles. The maximum Gasteiger partial charge on any atom is 0.152 e. The topological polar surface area (TPSA) is 35.0 Å². The van der Waals surface area contributed by atoms with Crippen LogP contribution in [0.1, 0.15) is 5.56 Å². The largest absolute Gasteiger partial charge is 0.489 e. The van der Waals surface area contributed by atoms with Crippen LogP contribution in [0.25, 0.3) is 0 Å². The highest BCUT2D eigenvalue weighted by atomic mass is 35.5. The fraction of sp³-hybridized carbons (Fsp3) is 0.0909. The molecule has 0 amide bonds. The van der Waals surface area contributed by atoms with E-state index in [-0.39, 0.29) is 0 Å². The molecule has 0 atom stereocenters. The van der Waals surface area contributed by atoms with Gasteiger partial charge in [0.2, 0.25) is 0 Å². The molecule has 0 fully saturated rings. The standard InChI is InChI=1S/C11H8ClN2O/c12-11-6-9(7-13-14-11)8-15-10-4-2-1-3-5-10/h1-2,4-7H,8H2. The predicted molar refractivity (Wildman–Crippen MR) is 56.7 cm³/mol. The van der Waals surface area contributed by atoms with E-state index in [0.717, 1.165) is 11.3 Å². The monoisotopic (exact) mass is 219 g/mol. The van der Waals surface area contributed by atoms with Crippen LogP contribution in [0.15, 0.2) is 36.5 Å². The van der Waals surface area contributed by atoms with Crippen molar-refractivity contribution in [3.05, 3.63) is 53.3 Å².